The number of rotatable bonds is 4. The maximum atomic E-state index is 13.0. The molecule has 0 atom stereocenters. The van der Waals surface area contributed by atoms with Crippen LogP contribution in [0.3, 0.4) is 0 Å². The molecule has 11 heteroatoms. The lowest BCUT2D eigenvalue weighted by Gasteiger charge is -2.12. The van der Waals surface area contributed by atoms with Crippen molar-refractivity contribution in [2.45, 2.75) is 12.7 Å². The third-order valence-electron chi connectivity index (χ3n) is 3.73. The molecule has 1 amide bonds. The van der Waals surface area contributed by atoms with Crippen LogP contribution in [0.1, 0.15) is 11.1 Å². The molecule has 3 aromatic rings. The van der Waals surface area contributed by atoms with Crippen molar-refractivity contribution in [1.29, 1.82) is 0 Å². The fourth-order valence-corrected chi connectivity index (χ4v) is 2.73. The van der Waals surface area contributed by atoms with Crippen LogP contribution in [-0.2, 0) is 17.5 Å². The Kier molecular flexibility index (Phi) is 4.94. The lowest BCUT2D eigenvalue weighted by Crippen LogP contribution is -2.29. The van der Waals surface area contributed by atoms with Crippen molar-refractivity contribution in [3.63, 3.8) is 0 Å². The van der Waals surface area contributed by atoms with E-state index in [-0.39, 0.29) is 23.6 Å². The number of amides is 1. The van der Waals surface area contributed by atoms with Crippen LogP contribution in [-0.4, -0.2) is 31.6 Å². The van der Waals surface area contributed by atoms with Crippen molar-refractivity contribution < 1.29 is 23.1 Å². The van der Waals surface area contributed by atoms with Crippen LogP contribution >= 0.6 is 11.6 Å². The number of benzene rings is 1. The van der Waals surface area contributed by atoms with E-state index >= 15 is 0 Å². The third kappa shape index (κ3) is 3.81. The molecule has 0 unspecified atom stereocenters. The number of nitrogens with zero attached hydrogens (tertiary/aromatic N) is 3. The molecule has 7 nitrogen and oxygen atoms in total. The number of carbonyl (C=O) groups is 1. The van der Waals surface area contributed by atoms with Crippen LogP contribution in [0, 0.1) is 0 Å². The van der Waals surface area contributed by atoms with Crippen LogP contribution < -0.4 is 11.0 Å². The first-order chi connectivity index (χ1) is 12.7. The largest absolute Gasteiger partial charge is 0.417 e. The van der Waals surface area contributed by atoms with Crippen molar-refractivity contribution in [1.82, 2.24) is 14.0 Å². The molecule has 1 aromatic carbocycles. The van der Waals surface area contributed by atoms with Gasteiger partial charge in [0.15, 0.2) is 0 Å². The number of hydrogen-bond acceptors (Lipinski definition) is 4. The Morgan fingerprint density at radius 2 is 2.00 bits per heavy atom. The quantitative estimate of drug-likeness (QED) is 0.702. The van der Waals surface area contributed by atoms with Crippen LogP contribution in [0.4, 0.5) is 19.0 Å². The van der Waals surface area contributed by atoms with Gasteiger partial charge in [-0.3, -0.25) is 9.36 Å². The van der Waals surface area contributed by atoms with Crippen molar-refractivity contribution in [2.75, 3.05) is 11.9 Å². The van der Waals surface area contributed by atoms with Gasteiger partial charge in [-0.25, -0.2) is 14.2 Å². The van der Waals surface area contributed by atoms with E-state index in [4.69, 9.17) is 16.7 Å². The monoisotopic (exact) mass is 400 g/mol. The molecule has 0 saturated heterocycles. The number of nitrogens with one attached hydrogen (secondary N) is 1. The van der Waals surface area contributed by atoms with Gasteiger partial charge in [0.25, 0.3) is 5.91 Å². The summed E-state index contributed by atoms with van der Waals surface area (Å²) in [6, 6.07) is 6.25. The molecule has 0 bridgehead atoms. The predicted octanol–water partition coefficient (Wildman–Crippen LogP) is 2.15. The van der Waals surface area contributed by atoms with Crippen LogP contribution in [0.2, 0.25) is 5.02 Å². The fourth-order valence-electron chi connectivity index (χ4n) is 2.51. The van der Waals surface area contributed by atoms with Gasteiger partial charge in [0, 0.05) is 0 Å². The molecule has 2 N–H and O–H groups in total. The number of aliphatic hydroxyl groups excluding tert-OH is 1. The molecule has 27 heavy (non-hydrogen) atoms. The SMILES string of the molecule is O=C(CO)Nc1ccc2ncn(Cc3ccc(Cl)c(C(F)(F)F)c3)c(=O)n12. The second kappa shape index (κ2) is 7.05. The number of fused-ring (bicyclic) bond motifs is 1. The Morgan fingerprint density at radius 1 is 1.26 bits per heavy atom. The Labute approximate surface area is 154 Å². The van der Waals surface area contributed by atoms with Gasteiger partial charge in [-0.2, -0.15) is 13.2 Å². The minimum Gasteiger partial charge on any atom is -0.387 e. The minimum atomic E-state index is -4.62. The van der Waals surface area contributed by atoms with E-state index in [0.29, 0.717) is 0 Å². The first kappa shape index (κ1) is 18.9. The summed E-state index contributed by atoms with van der Waals surface area (Å²) in [5.74, 6) is -0.639. The maximum Gasteiger partial charge on any atom is 0.417 e. The fraction of sp³-hybridized carbons (Fsp3) is 0.188. The second-order valence-electron chi connectivity index (χ2n) is 5.59. The van der Waals surface area contributed by atoms with Gasteiger partial charge in [0.1, 0.15) is 24.4 Å². The summed E-state index contributed by atoms with van der Waals surface area (Å²) in [5, 5.41) is 10.7. The number of halogens is 4. The van der Waals surface area contributed by atoms with Crippen molar-refractivity contribution in [2.24, 2.45) is 0 Å². The molecule has 0 spiro atoms. The summed E-state index contributed by atoms with van der Waals surface area (Å²) < 4.78 is 41.1. The van der Waals surface area contributed by atoms with E-state index in [1.165, 1.54) is 24.5 Å². The first-order valence-electron chi connectivity index (χ1n) is 7.54. The smallest absolute Gasteiger partial charge is 0.387 e. The number of carbonyl (C=O) groups excluding carboxylic acids is 1. The lowest BCUT2D eigenvalue weighted by atomic mass is 10.1. The van der Waals surface area contributed by atoms with Gasteiger partial charge < -0.3 is 10.4 Å². The Balaban J connectivity index is 2.01. The summed E-state index contributed by atoms with van der Waals surface area (Å²) in [7, 11) is 0. The normalized spacial score (nSPS) is 11.7. The Hall–Kier alpha value is -2.85. The highest BCUT2D eigenvalue weighted by Crippen LogP contribution is 2.35. The van der Waals surface area contributed by atoms with Crippen molar-refractivity contribution in [3.8, 4) is 0 Å². The molecule has 3 rings (SSSR count). The zero-order chi connectivity index (χ0) is 19.8. The second-order valence-corrected chi connectivity index (χ2v) is 5.99. The van der Waals surface area contributed by atoms with E-state index in [9.17, 15) is 22.8 Å². The first-order valence-corrected chi connectivity index (χ1v) is 7.91. The van der Waals surface area contributed by atoms with Crippen molar-refractivity contribution >= 4 is 29.0 Å². The molecule has 0 fully saturated rings. The molecule has 0 aliphatic rings. The molecule has 142 valence electrons. The summed E-state index contributed by atoms with van der Waals surface area (Å²) in [4.78, 5) is 28.1. The minimum absolute atomic E-state index is 0.0861. The zero-order valence-corrected chi connectivity index (χ0v) is 14.3. The molecule has 0 aliphatic heterocycles. The molecular formula is C16H12ClF3N4O3. The van der Waals surface area contributed by atoms with E-state index in [1.54, 1.807) is 0 Å². The molecule has 0 radical (unpaired) electrons. The Bertz CT molecular complexity index is 1070. The average molecular weight is 401 g/mol. The highest BCUT2D eigenvalue weighted by molar-refractivity contribution is 6.31. The summed E-state index contributed by atoms with van der Waals surface area (Å²) in [5.41, 5.74) is -1.19. The predicted molar refractivity (Wildman–Crippen MR) is 90.7 cm³/mol. The van der Waals surface area contributed by atoms with E-state index in [0.717, 1.165) is 21.1 Å². The van der Waals surface area contributed by atoms with E-state index in [1.807, 2.05) is 0 Å². The summed E-state index contributed by atoms with van der Waals surface area (Å²) in [6.45, 7) is -0.958. The van der Waals surface area contributed by atoms with Gasteiger partial charge in [-0.15, -0.1) is 0 Å². The number of aromatic nitrogens is 3. The molecule has 2 heterocycles. The van der Waals surface area contributed by atoms with Crippen LogP contribution in [0.15, 0.2) is 41.5 Å². The third-order valence-corrected chi connectivity index (χ3v) is 4.06. The number of anilines is 1. The summed E-state index contributed by atoms with van der Waals surface area (Å²) in [6.07, 6.45) is -3.43. The lowest BCUT2D eigenvalue weighted by molar-refractivity contribution is -0.137. The number of alkyl halides is 3. The molecular weight excluding hydrogens is 389 g/mol. The van der Waals surface area contributed by atoms with E-state index in [2.05, 4.69) is 10.3 Å². The van der Waals surface area contributed by atoms with Gasteiger partial charge in [0.2, 0.25) is 0 Å². The molecule has 2 aromatic heterocycles. The average Bonchev–Trinajstić information content (AvgIpc) is 3.01. The van der Waals surface area contributed by atoms with Gasteiger partial charge in [0.05, 0.1) is 17.1 Å². The number of hydrogen-bond donors (Lipinski definition) is 2. The van der Waals surface area contributed by atoms with Crippen LogP contribution in [0.5, 0.6) is 0 Å². The molecule has 0 saturated carbocycles. The van der Waals surface area contributed by atoms with Gasteiger partial charge in [-0.1, -0.05) is 17.7 Å². The topological polar surface area (TPSA) is 88.6 Å². The molecule has 0 aliphatic carbocycles. The Morgan fingerprint density at radius 3 is 2.67 bits per heavy atom. The van der Waals surface area contributed by atoms with Crippen LogP contribution in [0.25, 0.3) is 5.65 Å². The maximum absolute atomic E-state index is 13.0. The standard InChI is InChI=1S/C16H12ClF3N4O3/c17-11-2-1-9(5-10(11)16(18,19)20)6-23-8-21-12-3-4-13(22-14(26)7-25)24(12)15(23)27/h1-5,8,25H,6-7H2,(H,22,26). The number of aliphatic hydroxyl groups is 1. The van der Waals surface area contributed by atoms with Gasteiger partial charge in [-0.05, 0) is 29.8 Å². The van der Waals surface area contributed by atoms with Crippen molar-refractivity contribution in [3.05, 3.63) is 63.3 Å². The highest BCUT2D eigenvalue weighted by Gasteiger charge is 2.33. The summed E-state index contributed by atoms with van der Waals surface area (Å²) >= 11 is 5.60. The van der Waals surface area contributed by atoms with E-state index < -0.39 is 35.0 Å². The highest BCUT2D eigenvalue weighted by atomic mass is 35.5. The zero-order valence-electron chi connectivity index (χ0n) is 13.5. The van der Waals surface area contributed by atoms with Gasteiger partial charge >= 0.3 is 11.9 Å².